The van der Waals surface area contributed by atoms with Crippen molar-refractivity contribution in [3.05, 3.63) is 59.8 Å². The fourth-order valence-corrected chi connectivity index (χ4v) is 1.89. The lowest BCUT2D eigenvalue weighted by molar-refractivity contribution is 0.0696. The van der Waals surface area contributed by atoms with Gasteiger partial charge in [-0.15, -0.1) is 0 Å². The number of nitrogens with one attached hydrogen (secondary N) is 1. The summed E-state index contributed by atoms with van der Waals surface area (Å²) in [5.41, 5.74) is 0.367. The smallest absolute Gasteiger partial charge is 0.337 e. The van der Waals surface area contributed by atoms with Crippen LogP contribution in [0.5, 0.6) is 0 Å². The van der Waals surface area contributed by atoms with E-state index in [1.54, 1.807) is 6.07 Å². The highest BCUT2D eigenvalue weighted by molar-refractivity contribution is 5.87. The number of hydrogen-bond donors (Lipinski definition) is 3. The van der Waals surface area contributed by atoms with E-state index in [0.29, 0.717) is 5.82 Å². The van der Waals surface area contributed by atoms with Gasteiger partial charge in [-0.2, -0.15) is 0 Å². The number of anilines is 1. The van der Waals surface area contributed by atoms with Gasteiger partial charge in [0.1, 0.15) is 5.82 Å². The van der Waals surface area contributed by atoms with E-state index in [0.717, 1.165) is 5.56 Å². The Balaban J connectivity index is 2.24. The van der Waals surface area contributed by atoms with Crippen LogP contribution in [0.3, 0.4) is 0 Å². The molecule has 1 unspecified atom stereocenters. The van der Waals surface area contributed by atoms with Gasteiger partial charge in [-0.1, -0.05) is 30.3 Å². The van der Waals surface area contributed by atoms with Gasteiger partial charge in [0.05, 0.1) is 17.7 Å². The van der Waals surface area contributed by atoms with Gasteiger partial charge in [-0.05, 0) is 24.6 Å². The normalized spacial score (nSPS) is 13.5. The minimum absolute atomic E-state index is 0.112. The Bertz CT molecular complexity index is 584. The molecule has 2 aromatic rings. The molecule has 1 aromatic heterocycles. The van der Waals surface area contributed by atoms with Crippen molar-refractivity contribution in [1.29, 1.82) is 0 Å². The number of benzene rings is 1. The van der Waals surface area contributed by atoms with Crippen molar-refractivity contribution >= 4 is 11.8 Å². The molecule has 1 heterocycles. The van der Waals surface area contributed by atoms with Crippen molar-refractivity contribution in [3.63, 3.8) is 0 Å². The van der Waals surface area contributed by atoms with E-state index in [4.69, 9.17) is 5.11 Å². The summed E-state index contributed by atoms with van der Waals surface area (Å²) in [6.07, 6.45) is 1.29. The average molecular weight is 272 g/mol. The van der Waals surface area contributed by atoms with Gasteiger partial charge in [0.2, 0.25) is 0 Å². The number of aliphatic hydroxyl groups excluding tert-OH is 1. The van der Waals surface area contributed by atoms with Gasteiger partial charge >= 0.3 is 5.97 Å². The second-order valence-corrected chi connectivity index (χ2v) is 4.72. The van der Waals surface area contributed by atoms with Crippen molar-refractivity contribution in [1.82, 2.24) is 4.98 Å². The predicted molar refractivity (Wildman–Crippen MR) is 75.7 cm³/mol. The van der Waals surface area contributed by atoms with Crippen LogP contribution in [-0.4, -0.2) is 27.8 Å². The van der Waals surface area contributed by atoms with Crippen LogP contribution in [0.2, 0.25) is 0 Å². The number of aromatic carboxylic acids is 1. The molecular formula is C15H16N2O3. The Morgan fingerprint density at radius 1 is 1.25 bits per heavy atom. The van der Waals surface area contributed by atoms with Crippen LogP contribution in [0.4, 0.5) is 5.82 Å². The van der Waals surface area contributed by atoms with Crippen molar-refractivity contribution < 1.29 is 15.0 Å². The molecule has 1 atom stereocenters. The van der Waals surface area contributed by atoms with Crippen molar-refractivity contribution in [3.8, 4) is 0 Å². The third-order valence-corrected chi connectivity index (χ3v) is 3.14. The lowest BCUT2D eigenvalue weighted by Gasteiger charge is -2.30. The Hall–Kier alpha value is -2.40. The van der Waals surface area contributed by atoms with Gasteiger partial charge < -0.3 is 15.5 Å². The number of hydrogen-bond acceptors (Lipinski definition) is 4. The van der Waals surface area contributed by atoms with E-state index in [1.807, 2.05) is 37.3 Å². The molecule has 3 N–H and O–H groups in total. The van der Waals surface area contributed by atoms with Crippen LogP contribution in [0.15, 0.2) is 48.7 Å². The summed E-state index contributed by atoms with van der Waals surface area (Å²) >= 11 is 0. The second kappa shape index (κ2) is 5.71. The molecule has 0 saturated heterocycles. The van der Waals surface area contributed by atoms with E-state index in [1.165, 1.54) is 12.3 Å². The minimum Gasteiger partial charge on any atom is -0.478 e. The Morgan fingerprint density at radius 2 is 1.95 bits per heavy atom. The molecule has 0 aliphatic heterocycles. The first-order valence-corrected chi connectivity index (χ1v) is 6.19. The summed E-state index contributed by atoms with van der Waals surface area (Å²) in [7, 11) is 0. The average Bonchev–Trinajstić information content (AvgIpc) is 2.48. The maximum absolute atomic E-state index is 10.8. The highest BCUT2D eigenvalue weighted by atomic mass is 16.4. The van der Waals surface area contributed by atoms with Gasteiger partial charge in [0, 0.05) is 6.20 Å². The molecule has 0 spiro atoms. The molecule has 0 bridgehead atoms. The first kappa shape index (κ1) is 14.0. The van der Waals surface area contributed by atoms with Crippen LogP contribution in [0.25, 0.3) is 0 Å². The standard InChI is InChI=1S/C15H16N2O3/c1-15(10-18,12-5-3-2-4-6-12)17-13-8-7-11(9-16-13)14(19)20/h2-9,18H,10H2,1H3,(H,16,17)(H,19,20). The second-order valence-electron chi connectivity index (χ2n) is 4.72. The van der Waals surface area contributed by atoms with E-state index in [2.05, 4.69) is 10.3 Å². The van der Waals surface area contributed by atoms with Crippen LogP contribution in [-0.2, 0) is 5.54 Å². The fraction of sp³-hybridized carbons (Fsp3) is 0.200. The quantitative estimate of drug-likeness (QED) is 0.776. The highest BCUT2D eigenvalue weighted by Gasteiger charge is 2.25. The molecule has 0 fully saturated rings. The topological polar surface area (TPSA) is 82.5 Å². The fourth-order valence-electron chi connectivity index (χ4n) is 1.89. The van der Waals surface area contributed by atoms with E-state index >= 15 is 0 Å². The number of aliphatic hydroxyl groups is 1. The third kappa shape index (κ3) is 2.95. The molecule has 0 radical (unpaired) electrons. The first-order valence-electron chi connectivity index (χ1n) is 6.19. The predicted octanol–water partition coefficient (Wildman–Crippen LogP) is 2.10. The minimum atomic E-state index is -1.02. The van der Waals surface area contributed by atoms with E-state index in [9.17, 15) is 9.90 Å². The number of pyridine rings is 1. The number of carboxylic acids is 1. The molecule has 5 nitrogen and oxygen atoms in total. The maximum atomic E-state index is 10.8. The van der Waals surface area contributed by atoms with Crippen LogP contribution in [0.1, 0.15) is 22.8 Å². The number of carboxylic acid groups (broad SMARTS) is 1. The molecule has 20 heavy (non-hydrogen) atoms. The molecular weight excluding hydrogens is 256 g/mol. The number of aromatic nitrogens is 1. The van der Waals surface area contributed by atoms with E-state index < -0.39 is 11.5 Å². The number of nitrogens with zero attached hydrogens (tertiary/aromatic N) is 1. The van der Waals surface area contributed by atoms with E-state index in [-0.39, 0.29) is 12.2 Å². The van der Waals surface area contributed by atoms with Crippen molar-refractivity contribution in [2.45, 2.75) is 12.5 Å². The Labute approximate surface area is 116 Å². The zero-order chi connectivity index (χ0) is 14.6. The van der Waals surface area contributed by atoms with Gasteiger partial charge in [-0.25, -0.2) is 9.78 Å². The van der Waals surface area contributed by atoms with Crippen molar-refractivity contribution in [2.75, 3.05) is 11.9 Å². The summed E-state index contributed by atoms with van der Waals surface area (Å²) < 4.78 is 0. The zero-order valence-electron chi connectivity index (χ0n) is 11.1. The summed E-state index contributed by atoms with van der Waals surface area (Å²) in [5, 5.41) is 21.6. The summed E-state index contributed by atoms with van der Waals surface area (Å²) in [5.74, 6) is -0.507. The van der Waals surface area contributed by atoms with Crippen LogP contribution >= 0.6 is 0 Å². The summed E-state index contributed by atoms with van der Waals surface area (Å²) in [6, 6.07) is 12.6. The third-order valence-electron chi connectivity index (χ3n) is 3.14. The first-order chi connectivity index (χ1) is 9.55. The molecule has 104 valence electrons. The number of carbonyl (C=O) groups is 1. The Morgan fingerprint density at radius 3 is 2.45 bits per heavy atom. The highest BCUT2D eigenvalue weighted by Crippen LogP contribution is 2.24. The lowest BCUT2D eigenvalue weighted by Crippen LogP contribution is -2.36. The summed E-state index contributed by atoms with van der Waals surface area (Å²) in [6.45, 7) is 1.74. The monoisotopic (exact) mass is 272 g/mol. The SMILES string of the molecule is CC(CO)(Nc1ccc(C(=O)O)cn1)c1ccccc1. The van der Waals surface area contributed by atoms with Crippen LogP contribution < -0.4 is 5.32 Å². The van der Waals surface area contributed by atoms with Gasteiger partial charge in [-0.3, -0.25) is 0 Å². The maximum Gasteiger partial charge on any atom is 0.337 e. The molecule has 1 aromatic carbocycles. The zero-order valence-corrected chi connectivity index (χ0v) is 11.1. The number of rotatable bonds is 5. The molecule has 0 aliphatic rings. The molecule has 2 rings (SSSR count). The van der Waals surface area contributed by atoms with Crippen LogP contribution in [0, 0.1) is 0 Å². The largest absolute Gasteiger partial charge is 0.478 e. The molecule has 0 amide bonds. The molecule has 5 heteroatoms. The van der Waals surface area contributed by atoms with Gasteiger partial charge in [0.15, 0.2) is 0 Å². The van der Waals surface area contributed by atoms with Gasteiger partial charge in [0.25, 0.3) is 0 Å². The summed E-state index contributed by atoms with van der Waals surface area (Å²) in [4.78, 5) is 14.8. The molecule has 0 aliphatic carbocycles. The lowest BCUT2D eigenvalue weighted by atomic mass is 9.93. The van der Waals surface area contributed by atoms with Crippen molar-refractivity contribution in [2.24, 2.45) is 0 Å². The Kier molecular flexibility index (Phi) is 4.00. The molecule has 0 saturated carbocycles.